The Morgan fingerprint density at radius 3 is 3.00 bits per heavy atom. The molecule has 0 N–H and O–H groups in total. The van der Waals surface area contributed by atoms with Gasteiger partial charge in [0.05, 0.1) is 25.5 Å². The van der Waals surface area contributed by atoms with Crippen LogP contribution >= 0.6 is 11.3 Å². The van der Waals surface area contributed by atoms with Gasteiger partial charge in [0.25, 0.3) is 0 Å². The highest BCUT2D eigenvalue weighted by Gasteiger charge is 2.43. The molecular weight excluding hydrogens is 322 g/mol. The summed E-state index contributed by atoms with van der Waals surface area (Å²) in [5.41, 5.74) is -0.0734. The molecular formula is C14H23N3O3S2. The molecule has 2 aliphatic heterocycles. The van der Waals surface area contributed by atoms with E-state index in [1.807, 2.05) is 11.6 Å². The molecule has 2 aliphatic rings. The zero-order chi connectivity index (χ0) is 15.6. The van der Waals surface area contributed by atoms with E-state index in [1.54, 1.807) is 22.6 Å². The fourth-order valence-corrected chi connectivity index (χ4v) is 5.15. The predicted molar refractivity (Wildman–Crippen MR) is 86.3 cm³/mol. The van der Waals surface area contributed by atoms with Gasteiger partial charge in [-0.15, -0.1) is 11.3 Å². The van der Waals surface area contributed by atoms with Crippen LogP contribution in [0.2, 0.25) is 0 Å². The van der Waals surface area contributed by atoms with Gasteiger partial charge >= 0.3 is 0 Å². The second-order valence-electron chi connectivity index (χ2n) is 6.17. The molecule has 2 fully saturated rings. The molecule has 0 aliphatic carbocycles. The Balaban J connectivity index is 1.69. The van der Waals surface area contributed by atoms with Gasteiger partial charge in [-0.3, -0.25) is 4.90 Å². The lowest BCUT2D eigenvalue weighted by atomic mass is 9.88. The fourth-order valence-electron chi connectivity index (χ4n) is 3.31. The van der Waals surface area contributed by atoms with Gasteiger partial charge in [0, 0.05) is 36.6 Å². The maximum absolute atomic E-state index is 12.2. The first-order chi connectivity index (χ1) is 10.5. The molecule has 0 saturated carbocycles. The molecule has 1 atom stereocenters. The first-order valence-corrected chi connectivity index (χ1v) is 10.2. The quantitative estimate of drug-likeness (QED) is 0.815. The highest BCUT2D eigenvalue weighted by molar-refractivity contribution is 7.89. The van der Waals surface area contributed by atoms with Crippen molar-refractivity contribution in [2.45, 2.75) is 19.9 Å². The van der Waals surface area contributed by atoms with Crippen molar-refractivity contribution >= 4 is 21.4 Å². The topological polar surface area (TPSA) is 62.7 Å². The molecule has 0 bridgehead atoms. The van der Waals surface area contributed by atoms with Crippen LogP contribution in [0.5, 0.6) is 0 Å². The van der Waals surface area contributed by atoms with Crippen LogP contribution in [-0.4, -0.2) is 67.8 Å². The van der Waals surface area contributed by atoms with Gasteiger partial charge in [-0.2, -0.15) is 4.31 Å². The Hall–Kier alpha value is -0.540. The van der Waals surface area contributed by atoms with Crippen LogP contribution in [0.4, 0.5) is 0 Å². The summed E-state index contributed by atoms with van der Waals surface area (Å²) in [6, 6.07) is 0. The number of likely N-dealkylation sites (tertiary alicyclic amines) is 1. The number of ether oxygens (including phenoxy) is 1. The Morgan fingerprint density at radius 2 is 2.27 bits per heavy atom. The molecule has 8 heteroatoms. The minimum absolute atomic E-state index is 0.0734. The maximum atomic E-state index is 12.2. The summed E-state index contributed by atoms with van der Waals surface area (Å²) in [5.74, 6) is 0.159. The van der Waals surface area contributed by atoms with Gasteiger partial charge in [0.2, 0.25) is 10.0 Å². The van der Waals surface area contributed by atoms with Gasteiger partial charge in [0.15, 0.2) is 0 Å². The zero-order valence-corrected chi connectivity index (χ0v) is 14.5. The van der Waals surface area contributed by atoms with E-state index in [0.717, 1.165) is 31.1 Å². The number of nitrogens with zero attached hydrogens (tertiary/aromatic N) is 3. The van der Waals surface area contributed by atoms with Crippen molar-refractivity contribution in [3.8, 4) is 0 Å². The highest BCUT2D eigenvalue weighted by Crippen LogP contribution is 2.35. The van der Waals surface area contributed by atoms with E-state index in [-0.39, 0.29) is 11.2 Å². The maximum Gasteiger partial charge on any atom is 0.213 e. The van der Waals surface area contributed by atoms with Crippen LogP contribution in [0.3, 0.4) is 0 Å². The first kappa shape index (κ1) is 16.3. The average Bonchev–Trinajstić information content (AvgIpc) is 3.07. The largest absolute Gasteiger partial charge is 0.379 e. The van der Waals surface area contributed by atoms with E-state index < -0.39 is 10.0 Å². The second kappa shape index (κ2) is 6.52. The third-order valence-corrected chi connectivity index (χ3v) is 7.12. The molecule has 22 heavy (non-hydrogen) atoms. The molecule has 0 unspecified atom stereocenters. The summed E-state index contributed by atoms with van der Waals surface area (Å²) in [7, 11) is -3.15. The summed E-state index contributed by atoms with van der Waals surface area (Å²) in [5, 5.41) is 3.11. The highest BCUT2D eigenvalue weighted by atomic mass is 32.2. The van der Waals surface area contributed by atoms with Gasteiger partial charge in [-0.1, -0.05) is 0 Å². The minimum atomic E-state index is -3.15. The molecule has 1 spiro atoms. The predicted octanol–water partition coefficient (Wildman–Crippen LogP) is 1.02. The van der Waals surface area contributed by atoms with Crippen LogP contribution < -0.4 is 0 Å². The normalized spacial score (nSPS) is 28.2. The van der Waals surface area contributed by atoms with Crippen molar-refractivity contribution in [2.75, 3.05) is 45.1 Å². The summed E-state index contributed by atoms with van der Waals surface area (Å²) in [4.78, 5) is 6.70. The van der Waals surface area contributed by atoms with Crippen LogP contribution in [0, 0.1) is 5.41 Å². The molecule has 0 aromatic carbocycles. The van der Waals surface area contributed by atoms with Gasteiger partial charge in [0.1, 0.15) is 5.01 Å². The SMILES string of the molecule is CCS(=O)(=O)N1CCOC[C@]2(CCN(Cc3nccs3)C2)C1. The van der Waals surface area contributed by atoms with Crippen LogP contribution in [0.25, 0.3) is 0 Å². The Labute approximate surface area is 136 Å². The number of hydrogen-bond acceptors (Lipinski definition) is 6. The third kappa shape index (κ3) is 3.51. The lowest BCUT2D eigenvalue weighted by molar-refractivity contribution is 0.0721. The van der Waals surface area contributed by atoms with Crippen molar-refractivity contribution in [1.29, 1.82) is 0 Å². The Morgan fingerprint density at radius 1 is 1.41 bits per heavy atom. The van der Waals surface area contributed by atoms with Crippen molar-refractivity contribution in [3.05, 3.63) is 16.6 Å². The van der Waals surface area contributed by atoms with Crippen LogP contribution in [0.1, 0.15) is 18.4 Å². The van der Waals surface area contributed by atoms with Gasteiger partial charge in [-0.05, 0) is 19.9 Å². The second-order valence-corrected chi connectivity index (χ2v) is 9.41. The molecule has 1 aromatic rings. The number of hydrogen-bond donors (Lipinski definition) is 0. The van der Waals surface area contributed by atoms with E-state index in [1.165, 1.54) is 0 Å². The molecule has 3 rings (SSSR count). The Kier molecular flexibility index (Phi) is 4.84. The van der Waals surface area contributed by atoms with E-state index in [0.29, 0.717) is 26.3 Å². The first-order valence-electron chi connectivity index (χ1n) is 7.69. The lowest BCUT2D eigenvalue weighted by Gasteiger charge is -2.31. The number of thiazole rings is 1. The molecule has 3 heterocycles. The smallest absolute Gasteiger partial charge is 0.213 e. The molecule has 124 valence electrons. The summed E-state index contributed by atoms with van der Waals surface area (Å²) in [6.45, 7) is 6.61. The minimum Gasteiger partial charge on any atom is -0.379 e. The fraction of sp³-hybridized carbons (Fsp3) is 0.786. The molecule has 0 amide bonds. The lowest BCUT2D eigenvalue weighted by Crippen LogP contribution is -2.43. The van der Waals surface area contributed by atoms with Crippen LogP contribution in [0.15, 0.2) is 11.6 Å². The summed E-state index contributed by atoms with van der Waals surface area (Å²) >= 11 is 1.67. The van der Waals surface area contributed by atoms with E-state index in [4.69, 9.17) is 4.74 Å². The van der Waals surface area contributed by atoms with Gasteiger partial charge in [-0.25, -0.2) is 13.4 Å². The van der Waals surface area contributed by atoms with Gasteiger partial charge < -0.3 is 4.74 Å². The number of sulfonamides is 1. The monoisotopic (exact) mass is 345 g/mol. The molecule has 0 radical (unpaired) electrons. The summed E-state index contributed by atoms with van der Waals surface area (Å²) < 4.78 is 31.8. The molecule has 6 nitrogen and oxygen atoms in total. The van der Waals surface area contributed by atoms with Crippen molar-refractivity contribution in [1.82, 2.24) is 14.2 Å². The van der Waals surface area contributed by atoms with Crippen molar-refractivity contribution in [3.63, 3.8) is 0 Å². The van der Waals surface area contributed by atoms with Crippen molar-refractivity contribution < 1.29 is 13.2 Å². The number of aromatic nitrogens is 1. The molecule has 1 aromatic heterocycles. The number of rotatable bonds is 4. The standard InChI is InChI=1S/C14H23N3O3S2/c1-2-22(18,19)17-6-7-20-12-14(11-17)3-5-16(10-14)9-13-15-4-8-21-13/h4,8H,2-3,5-7,9-12H2,1H3/t14-/m0/s1. The van der Waals surface area contributed by atoms with E-state index in [9.17, 15) is 8.42 Å². The van der Waals surface area contributed by atoms with E-state index >= 15 is 0 Å². The van der Waals surface area contributed by atoms with Crippen LogP contribution in [-0.2, 0) is 21.3 Å². The van der Waals surface area contributed by atoms with Crippen molar-refractivity contribution in [2.24, 2.45) is 5.41 Å². The Bertz CT molecular complexity index is 590. The average molecular weight is 345 g/mol. The third-order valence-electron chi connectivity index (χ3n) is 4.52. The zero-order valence-electron chi connectivity index (χ0n) is 12.9. The molecule has 2 saturated heterocycles. The van der Waals surface area contributed by atoms with E-state index in [2.05, 4.69) is 9.88 Å². The summed E-state index contributed by atoms with van der Waals surface area (Å²) in [6.07, 6.45) is 2.81.